The van der Waals surface area contributed by atoms with Crippen LogP contribution in [-0.2, 0) is 22.6 Å². The van der Waals surface area contributed by atoms with Crippen LogP contribution in [0, 0.1) is 0 Å². The van der Waals surface area contributed by atoms with E-state index in [2.05, 4.69) is 17.4 Å². The van der Waals surface area contributed by atoms with Crippen LogP contribution in [0.1, 0.15) is 43.7 Å². The largest absolute Gasteiger partial charge is 0.341 e. The standard InChI is InChI=1S/C21H28N4O3/c1-2-7-17-19(26)25(21(28)22-17)14-24-13-16-9-4-3-8-15(16)12-18(24)20(27)23-10-5-6-11-23/h3-4,8-9,17-18H,2,5-7,10-14H2,1H3,(H,22,28)/t17-,18-/m0/s1. The number of hydrogen-bond acceptors (Lipinski definition) is 4. The first-order chi connectivity index (χ1) is 13.6. The van der Waals surface area contributed by atoms with Crippen LogP contribution in [0.3, 0.4) is 0 Å². The smallest absolute Gasteiger partial charge is 0.325 e. The quantitative estimate of drug-likeness (QED) is 0.785. The Morgan fingerprint density at radius 2 is 1.86 bits per heavy atom. The monoisotopic (exact) mass is 384 g/mol. The van der Waals surface area contributed by atoms with Gasteiger partial charge in [0.1, 0.15) is 6.04 Å². The van der Waals surface area contributed by atoms with Gasteiger partial charge in [-0.25, -0.2) is 9.69 Å². The van der Waals surface area contributed by atoms with Gasteiger partial charge in [0.05, 0.1) is 12.7 Å². The minimum Gasteiger partial charge on any atom is -0.341 e. The summed E-state index contributed by atoms with van der Waals surface area (Å²) in [6.07, 6.45) is 4.17. The molecule has 4 rings (SSSR count). The third-order valence-corrected chi connectivity index (χ3v) is 6.06. The van der Waals surface area contributed by atoms with Gasteiger partial charge < -0.3 is 10.2 Å². The predicted molar refractivity (Wildman–Crippen MR) is 104 cm³/mol. The van der Waals surface area contributed by atoms with Crippen LogP contribution in [0.25, 0.3) is 0 Å². The van der Waals surface area contributed by atoms with E-state index in [-0.39, 0.29) is 30.6 Å². The predicted octanol–water partition coefficient (Wildman–Crippen LogP) is 1.71. The first-order valence-electron chi connectivity index (χ1n) is 10.3. The molecule has 2 atom stereocenters. The van der Waals surface area contributed by atoms with E-state index < -0.39 is 6.04 Å². The Bertz CT molecular complexity index is 775. The molecule has 2 saturated heterocycles. The molecule has 4 amide bonds. The molecule has 3 aliphatic heterocycles. The minimum atomic E-state index is -0.442. The third-order valence-electron chi connectivity index (χ3n) is 6.06. The van der Waals surface area contributed by atoms with Gasteiger partial charge in [0.2, 0.25) is 5.91 Å². The van der Waals surface area contributed by atoms with Gasteiger partial charge in [0.15, 0.2) is 0 Å². The maximum absolute atomic E-state index is 13.2. The lowest BCUT2D eigenvalue weighted by Gasteiger charge is -2.39. The molecule has 0 aliphatic carbocycles. The summed E-state index contributed by atoms with van der Waals surface area (Å²) in [5.74, 6) is -0.0674. The Balaban J connectivity index is 1.56. The number of urea groups is 1. The summed E-state index contributed by atoms with van der Waals surface area (Å²) in [6.45, 7) is 4.31. The second-order valence-corrected chi connectivity index (χ2v) is 7.97. The van der Waals surface area contributed by atoms with Gasteiger partial charge in [0.25, 0.3) is 5.91 Å². The van der Waals surface area contributed by atoms with Crippen LogP contribution in [-0.4, -0.2) is 64.4 Å². The zero-order valence-corrected chi connectivity index (χ0v) is 16.4. The summed E-state index contributed by atoms with van der Waals surface area (Å²) in [6, 6.07) is 6.99. The van der Waals surface area contributed by atoms with E-state index >= 15 is 0 Å². The Labute approximate surface area is 165 Å². The lowest BCUT2D eigenvalue weighted by molar-refractivity contribution is -0.139. The molecule has 0 bridgehead atoms. The fourth-order valence-corrected chi connectivity index (χ4v) is 4.49. The van der Waals surface area contributed by atoms with Crippen LogP contribution >= 0.6 is 0 Å². The van der Waals surface area contributed by atoms with Crippen LogP contribution in [0.15, 0.2) is 24.3 Å². The fourth-order valence-electron chi connectivity index (χ4n) is 4.49. The Morgan fingerprint density at radius 1 is 1.14 bits per heavy atom. The van der Waals surface area contributed by atoms with Gasteiger partial charge in [-0.2, -0.15) is 0 Å². The van der Waals surface area contributed by atoms with Crippen LogP contribution < -0.4 is 5.32 Å². The van der Waals surface area contributed by atoms with E-state index in [0.29, 0.717) is 19.4 Å². The number of carbonyl (C=O) groups excluding carboxylic acids is 3. The van der Waals surface area contributed by atoms with E-state index in [4.69, 9.17) is 0 Å². The molecule has 1 aromatic carbocycles. The van der Waals surface area contributed by atoms with Gasteiger partial charge in [-0.3, -0.25) is 14.5 Å². The molecular formula is C21H28N4O3. The third kappa shape index (κ3) is 3.51. The second-order valence-electron chi connectivity index (χ2n) is 7.97. The molecule has 0 spiro atoms. The fraction of sp³-hybridized carbons (Fsp3) is 0.571. The molecule has 3 aliphatic rings. The molecule has 2 fully saturated rings. The van der Waals surface area contributed by atoms with Gasteiger partial charge in [0, 0.05) is 19.6 Å². The molecule has 1 N–H and O–H groups in total. The maximum Gasteiger partial charge on any atom is 0.325 e. The van der Waals surface area contributed by atoms with Gasteiger partial charge in [-0.1, -0.05) is 37.6 Å². The van der Waals surface area contributed by atoms with Crippen molar-refractivity contribution < 1.29 is 14.4 Å². The van der Waals surface area contributed by atoms with Crippen molar-refractivity contribution >= 4 is 17.8 Å². The highest BCUT2D eigenvalue weighted by molar-refractivity contribution is 6.04. The summed E-state index contributed by atoms with van der Waals surface area (Å²) in [4.78, 5) is 43.5. The minimum absolute atomic E-state index is 0.115. The number of nitrogens with one attached hydrogen (secondary N) is 1. The molecule has 7 nitrogen and oxygen atoms in total. The Morgan fingerprint density at radius 3 is 2.57 bits per heavy atom. The molecule has 3 heterocycles. The Hall–Kier alpha value is -2.41. The average molecular weight is 384 g/mol. The van der Waals surface area contributed by atoms with Crippen molar-refractivity contribution in [1.29, 1.82) is 0 Å². The van der Waals surface area contributed by atoms with Crippen molar-refractivity contribution in [1.82, 2.24) is 20.0 Å². The first kappa shape index (κ1) is 18.9. The van der Waals surface area contributed by atoms with Crippen molar-refractivity contribution in [2.75, 3.05) is 19.8 Å². The zero-order chi connectivity index (χ0) is 19.7. The molecule has 7 heteroatoms. The molecule has 150 valence electrons. The molecule has 1 aromatic rings. The van der Waals surface area contributed by atoms with Crippen molar-refractivity contribution in [2.45, 2.75) is 57.7 Å². The molecular weight excluding hydrogens is 356 g/mol. The second kappa shape index (κ2) is 7.91. The van der Waals surface area contributed by atoms with Crippen LogP contribution in [0.2, 0.25) is 0 Å². The number of carbonyl (C=O) groups is 3. The lowest BCUT2D eigenvalue weighted by Crippen LogP contribution is -2.55. The Kier molecular flexibility index (Phi) is 5.35. The number of amides is 4. The number of fused-ring (bicyclic) bond motifs is 1. The first-order valence-corrected chi connectivity index (χ1v) is 10.3. The summed E-state index contributed by atoms with van der Waals surface area (Å²) in [7, 11) is 0. The molecule has 0 unspecified atom stereocenters. The molecule has 28 heavy (non-hydrogen) atoms. The number of nitrogens with zero attached hydrogens (tertiary/aromatic N) is 3. The van der Waals surface area contributed by atoms with Crippen molar-refractivity contribution in [3.8, 4) is 0 Å². The summed E-state index contributed by atoms with van der Waals surface area (Å²) in [5, 5.41) is 2.78. The van der Waals surface area contributed by atoms with Gasteiger partial charge in [-0.15, -0.1) is 0 Å². The van der Waals surface area contributed by atoms with Crippen LogP contribution in [0.5, 0.6) is 0 Å². The van der Waals surface area contributed by atoms with Crippen molar-refractivity contribution in [3.63, 3.8) is 0 Å². The number of likely N-dealkylation sites (tertiary alicyclic amines) is 1. The van der Waals surface area contributed by atoms with Crippen molar-refractivity contribution in [2.24, 2.45) is 0 Å². The highest BCUT2D eigenvalue weighted by Gasteiger charge is 2.42. The SMILES string of the molecule is CCC[C@@H]1NC(=O)N(CN2Cc3ccccc3C[C@H]2C(=O)N2CCCC2)C1=O. The molecule has 0 saturated carbocycles. The summed E-state index contributed by atoms with van der Waals surface area (Å²) in [5.41, 5.74) is 2.34. The highest BCUT2D eigenvalue weighted by Crippen LogP contribution is 2.26. The zero-order valence-electron chi connectivity index (χ0n) is 16.4. The lowest BCUT2D eigenvalue weighted by atomic mass is 9.93. The number of benzene rings is 1. The maximum atomic E-state index is 13.2. The van der Waals surface area contributed by atoms with E-state index in [1.165, 1.54) is 10.5 Å². The molecule has 0 aromatic heterocycles. The van der Waals surface area contributed by atoms with Crippen LogP contribution in [0.4, 0.5) is 4.79 Å². The number of hydrogen-bond donors (Lipinski definition) is 1. The van der Waals surface area contributed by atoms with E-state index in [0.717, 1.165) is 37.9 Å². The highest BCUT2D eigenvalue weighted by atomic mass is 16.2. The van der Waals surface area contributed by atoms with E-state index in [1.807, 2.05) is 28.9 Å². The van der Waals surface area contributed by atoms with Gasteiger partial charge in [-0.05, 0) is 36.8 Å². The van der Waals surface area contributed by atoms with Crippen molar-refractivity contribution in [3.05, 3.63) is 35.4 Å². The normalized spacial score (nSPS) is 25.2. The van der Waals surface area contributed by atoms with E-state index in [1.54, 1.807) is 0 Å². The van der Waals surface area contributed by atoms with E-state index in [9.17, 15) is 14.4 Å². The van der Waals surface area contributed by atoms with Gasteiger partial charge >= 0.3 is 6.03 Å². The summed E-state index contributed by atoms with van der Waals surface area (Å²) >= 11 is 0. The summed E-state index contributed by atoms with van der Waals surface area (Å²) < 4.78 is 0. The molecule has 0 radical (unpaired) electrons. The topological polar surface area (TPSA) is 73.0 Å². The number of rotatable bonds is 5. The average Bonchev–Trinajstić information content (AvgIpc) is 3.32. The number of imide groups is 1.